The van der Waals surface area contributed by atoms with Crippen LogP contribution in [0.4, 0.5) is 5.69 Å². The molecule has 0 aliphatic carbocycles. The lowest BCUT2D eigenvalue weighted by molar-refractivity contribution is 0.655. The summed E-state index contributed by atoms with van der Waals surface area (Å²) in [5.41, 5.74) is 10.7. The summed E-state index contributed by atoms with van der Waals surface area (Å²) in [7, 11) is 0. The van der Waals surface area contributed by atoms with Gasteiger partial charge in [-0.2, -0.15) is 0 Å². The molecule has 1 aliphatic rings. The third kappa shape index (κ3) is 2.36. The molecule has 0 bridgehead atoms. The van der Waals surface area contributed by atoms with Crippen LogP contribution in [0.2, 0.25) is 0 Å². The number of rotatable bonds is 4. The van der Waals surface area contributed by atoms with Gasteiger partial charge in [0, 0.05) is 24.3 Å². The van der Waals surface area contributed by atoms with Crippen molar-refractivity contribution in [3.05, 3.63) is 36.3 Å². The fraction of sp³-hybridized carbons (Fsp3) is 0.400. The van der Waals surface area contributed by atoms with Crippen molar-refractivity contribution >= 4 is 5.69 Å². The van der Waals surface area contributed by atoms with E-state index < -0.39 is 0 Å². The Morgan fingerprint density at radius 1 is 1.37 bits per heavy atom. The fourth-order valence-electron chi connectivity index (χ4n) is 2.71. The number of aryl methyl sites for hydroxylation is 2. The number of anilines is 1. The van der Waals surface area contributed by atoms with E-state index in [9.17, 15) is 0 Å². The van der Waals surface area contributed by atoms with Gasteiger partial charge in [0.05, 0.1) is 18.2 Å². The molecule has 0 unspecified atom stereocenters. The van der Waals surface area contributed by atoms with Crippen LogP contribution in [0.5, 0.6) is 0 Å². The molecule has 1 aliphatic heterocycles. The second kappa shape index (κ2) is 5.45. The Bertz CT molecular complexity index is 559. The predicted molar refractivity (Wildman–Crippen MR) is 78.1 cm³/mol. The molecule has 4 heteroatoms. The van der Waals surface area contributed by atoms with Crippen LogP contribution in [0.3, 0.4) is 0 Å². The Hall–Kier alpha value is -1.81. The lowest BCUT2D eigenvalue weighted by Crippen LogP contribution is -2.13. The second-order valence-electron chi connectivity index (χ2n) is 4.98. The van der Waals surface area contributed by atoms with Crippen LogP contribution in [0.15, 0.2) is 30.7 Å². The largest absolute Gasteiger partial charge is 0.384 e. The van der Waals surface area contributed by atoms with Gasteiger partial charge in [-0.1, -0.05) is 18.2 Å². The highest BCUT2D eigenvalue weighted by Crippen LogP contribution is 2.33. The van der Waals surface area contributed by atoms with Gasteiger partial charge in [-0.3, -0.25) is 0 Å². The van der Waals surface area contributed by atoms with E-state index in [0.29, 0.717) is 6.54 Å². The zero-order chi connectivity index (χ0) is 13.1. The Kier molecular flexibility index (Phi) is 3.51. The summed E-state index contributed by atoms with van der Waals surface area (Å²) >= 11 is 0. The highest BCUT2D eigenvalue weighted by Gasteiger charge is 2.15. The highest BCUT2D eigenvalue weighted by atomic mass is 15.0. The summed E-state index contributed by atoms with van der Waals surface area (Å²) in [6, 6.07) is 6.53. The van der Waals surface area contributed by atoms with E-state index in [4.69, 9.17) is 5.73 Å². The Labute approximate surface area is 113 Å². The van der Waals surface area contributed by atoms with Crippen molar-refractivity contribution in [1.29, 1.82) is 0 Å². The van der Waals surface area contributed by atoms with E-state index in [0.717, 1.165) is 25.9 Å². The summed E-state index contributed by atoms with van der Waals surface area (Å²) in [6.45, 7) is 2.69. The van der Waals surface area contributed by atoms with Crippen LogP contribution >= 0.6 is 0 Å². The maximum atomic E-state index is 5.60. The number of hydrogen-bond acceptors (Lipinski definition) is 3. The predicted octanol–water partition coefficient (Wildman–Crippen LogP) is 2.26. The van der Waals surface area contributed by atoms with E-state index in [-0.39, 0.29) is 0 Å². The number of nitrogens with two attached hydrogens (primary N) is 1. The van der Waals surface area contributed by atoms with Crippen molar-refractivity contribution < 1.29 is 0 Å². The van der Waals surface area contributed by atoms with Gasteiger partial charge in [0.2, 0.25) is 0 Å². The highest BCUT2D eigenvalue weighted by molar-refractivity contribution is 5.78. The number of imidazole rings is 1. The number of nitrogens with one attached hydrogen (secondary N) is 1. The van der Waals surface area contributed by atoms with Crippen LogP contribution in [0.1, 0.15) is 18.4 Å². The van der Waals surface area contributed by atoms with E-state index in [2.05, 4.69) is 33.1 Å². The SMILES string of the molecule is NCCCn1cncc1-c1cccc2c1NCCC2. The molecule has 19 heavy (non-hydrogen) atoms. The maximum absolute atomic E-state index is 5.60. The molecule has 2 heterocycles. The van der Waals surface area contributed by atoms with Crippen molar-refractivity contribution in [2.45, 2.75) is 25.8 Å². The van der Waals surface area contributed by atoms with Gasteiger partial charge in [0.25, 0.3) is 0 Å². The molecule has 0 saturated carbocycles. The van der Waals surface area contributed by atoms with Gasteiger partial charge in [0.1, 0.15) is 0 Å². The zero-order valence-electron chi connectivity index (χ0n) is 11.1. The third-order valence-electron chi connectivity index (χ3n) is 3.67. The molecule has 1 aromatic carbocycles. The van der Waals surface area contributed by atoms with E-state index >= 15 is 0 Å². The summed E-state index contributed by atoms with van der Waals surface area (Å²) in [5, 5.41) is 3.54. The van der Waals surface area contributed by atoms with Crippen LogP contribution in [0.25, 0.3) is 11.3 Å². The van der Waals surface area contributed by atoms with Crippen molar-refractivity contribution in [2.24, 2.45) is 5.73 Å². The normalized spacial score (nSPS) is 13.9. The number of nitrogens with zero attached hydrogens (tertiary/aromatic N) is 2. The standard InChI is InChI=1S/C15H20N4/c16-7-3-9-19-11-17-10-14(19)13-6-1-4-12-5-2-8-18-15(12)13/h1,4,6,10-11,18H,2-3,5,7-9,16H2. The zero-order valence-corrected chi connectivity index (χ0v) is 11.1. The van der Waals surface area contributed by atoms with Gasteiger partial charge in [-0.25, -0.2) is 4.98 Å². The summed E-state index contributed by atoms with van der Waals surface area (Å²) < 4.78 is 2.19. The van der Waals surface area contributed by atoms with Crippen molar-refractivity contribution in [3.8, 4) is 11.3 Å². The number of fused-ring (bicyclic) bond motifs is 1. The molecule has 4 nitrogen and oxygen atoms in total. The smallest absolute Gasteiger partial charge is 0.0950 e. The Morgan fingerprint density at radius 2 is 2.32 bits per heavy atom. The number of aromatic nitrogens is 2. The van der Waals surface area contributed by atoms with Crippen molar-refractivity contribution in [2.75, 3.05) is 18.4 Å². The topological polar surface area (TPSA) is 55.9 Å². The molecule has 0 spiro atoms. The first kappa shape index (κ1) is 12.2. The molecule has 3 N–H and O–H groups in total. The van der Waals surface area contributed by atoms with Crippen molar-refractivity contribution in [3.63, 3.8) is 0 Å². The van der Waals surface area contributed by atoms with Gasteiger partial charge in [-0.05, 0) is 31.4 Å². The van der Waals surface area contributed by atoms with Crippen molar-refractivity contribution in [1.82, 2.24) is 9.55 Å². The minimum absolute atomic E-state index is 0.711. The number of hydrogen-bond donors (Lipinski definition) is 2. The molecule has 2 aromatic rings. The molecule has 0 radical (unpaired) electrons. The molecule has 100 valence electrons. The molecule has 0 amide bonds. The summed E-state index contributed by atoms with van der Waals surface area (Å²) in [5.74, 6) is 0. The van der Waals surface area contributed by atoms with Crippen LogP contribution < -0.4 is 11.1 Å². The molecule has 0 atom stereocenters. The third-order valence-corrected chi connectivity index (χ3v) is 3.67. The fourth-order valence-corrected chi connectivity index (χ4v) is 2.71. The molecular formula is C15H20N4. The molecular weight excluding hydrogens is 236 g/mol. The lowest BCUT2D eigenvalue weighted by Gasteiger charge is -2.21. The van der Waals surface area contributed by atoms with Gasteiger partial charge < -0.3 is 15.6 Å². The minimum atomic E-state index is 0.711. The molecule has 3 rings (SSSR count). The minimum Gasteiger partial charge on any atom is -0.384 e. The first-order chi connectivity index (χ1) is 9.40. The van der Waals surface area contributed by atoms with Crippen LogP contribution in [-0.4, -0.2) is 22.6 Å². The van der Waals surface area contributed by atoms with Crippen LogP contribution in [-0.2, 0) is 13.0 Å². The maximum Gasteiger partial charge on any atom is 0.0950 e. The van der Waals surface area contributed by atoms with E-state index in [1.54, 1.807) is 0 Å². The van der Waals surface area contributed by atoms with Gasteiger partial charge >= 0.3 is 0 Å². The summed E-state index contributed by atoms with van der Waals surface area (Å²) in [6.07, 6.45) is 7.19. The number of benzene rings is 1. The molecule has 0 fully saturated rings. The lowest BCUT2D eigenvalue weighted by atomic mass is 9.98. The summed E-state index contributed by atoms with van der Waals surface area (Å²) in [4.78, 5) is 4.29. The molecule has 1 aromatic heterocycles. The number of para-hydroxylation sites is 1. The second-order valence-corrected chi connectivity index (χ2v) is 4.98. The van der Waals surface area contributed by atoms with E-state index in [1.165, 1.54) is 28.9 Å². The van der Waals surface area contributed by atoms with Gasteiger partial charge in [0.15, 0.2) is 0 Å². The van der Waals surface area contributed by atoms with Crippen LogP contribution in [0, 0.1) is 0 Å². The average Bonchev–Trinajstić information content (AvgIpc) is 2.92. The average molecular weight is 256 g/mol. The monoisotopic (exact) mass is 256 g/mol. The van der Waals surface area contributed by atoms with E-state index in [1.807, 2.05) is 12.5 Å². The quantitative estimate of drug-likeness (QED) is 0.882. The first-order valence-electron chi connectivity index (χ1n) is 6.96. The van der Waals surface area contributed by atoms with Gasteiger partial charge in [-0.15, -0.1) is 0 Å². The first-order valence-corrected chi connectivity index (χ1v) is 6.96. The Balaban J connectivity index is 2.00. The Morgan fingerprint density at radius 3 is 3.21 bits per heavy atom. The molecule has 0 saturated heterocycles.